The van der Waals surface area contributed by atoms with E-state index in [0.717, 1.165) is 0 Å². The normalized spacial score (nSPS) is 15.3. The Labute approximate surface area is 171 Å². The highest BCUT2D eigenvalue weighted by atomic mass is 16.5. The molecule has 2 aromatic carbocycles. The summed E-state index contributed by atoms with van der Waals surface area (Å²) in [5.74, 6) is 0.123. The summed E-state index contributed by atoms with van der Waals surface area (Å²) in [5, 5.41) is 21.2. The Morgan fingerprint density at radius 3 is 2.63 bits per heavy atom. The summed E-state index contributed by atoms with van der Waals surface area (Å²) in [6, 6.07) is 9.88. The molecular formula is C22H18N2O6. The molecule has 3 aromatic rings. The maximum Gasteiger partial charge on any atom is 0.336 e. The molecule has 0 saturated carbocycles. The van der Waals surface area contributed by atoms with Crippen LogP contribution in [0.25, 0.3) is 11.0 Å². The van der Waals surface area contributed by atoms with Crippen molar-refractivity contribution in [2.75, 3.05) is 14.2 Å². The first-order valence-electron chi connectivity index (χ1n) is 8.99. The average Bonchev–Trinajstić information content (AvgIpc) is 2.71. The molecule has 0 amide bonds. The van der Waals surface area contributed by atoms with Crippen molar-refractivity contribution in [2.24, 2.45) is 5.73 Å². The predicted molar refractivity (Wildman–Crippen MR) is 108 cm³/mol. The Balaban J connectivity index is 2.13. The van der Waals surface area contributed by atoms with Gasteiger partial charge in [-0.25, -0.2) is 4.79 Å². The van der Waals surface area contributed by atoms with E-state index >= 15 is 0 Å². The van der Waals surface area contributed by atoms with E-state index in [9.17, 15) is 15.2 Å². The van der Waals surface area contributed by atoms with E-state index in [0.29, 0.717) is 33.6 Å². The number of nitriles is 1. The molecule has 8 heteroatoms. The lowest BCUT2D eigenvalue weighted by Crippen LogP contribution is -2.22. The number of nitrogens with two attached hydrogens (primary N) is 1. The Morgan fingerprint density at radius 2 is 1.97 bits per heavy atom. The third kappa shape index (κ3) is 2.79. The first-order valence-corrected chi connectivity index (χ1v) is 8.99. The number of aryl methyl sites for hydroxylation is 1. The minimum Gasteiger partial charge on any atom is -0.507 e. The Morgan fingerprint density at radius 1 is 1.20 bits per heavy atom. The van der Waals surface area contributed by atoms with Crippen molar-refractivity contribution in [3.63, 3.8) is 0 Å². The van der Waals surface area contributed by atoms with Gasteiger partial charge in [0.1, 0.15) is 40.2 Å². The van der Waals surface area contributed by atoms with E-state index in [1.54, 1.807) is 25.1 Å². The molecule has 0 spiro atoms. The fraction of sp³-hybridized carbons (Fsp3) is 0.182. The van der Waals surface area contributed by atoms with Crippen molar-refractivity contribution in [3.8, 4) is 29.1 Å². The van der Waals surface area contributed by atoms with Crippen LogP contribution in [0.2, 0.25) is 0 Å². The third-order valence-corrected chi connectivity index (χ3v) is 5.12. The van der Waals surface area contributed by atoms with E-state index in [2.05, 4.69) is 6.07 Å². The van der Waals surface area contributed by atoms with Crippen LogP contribution in [0.4, 0.5) is 0 Å². The van der Waals surface area contributed by atoms with Crippen LogP contribution in [0.3, 0.4) is 0 Å². The van der Waals surface area contributed by atoms with Gasteiger partial charge in [0.2, 0.25) is 5.88 Å². The summed E-state index contributed by atoms with van der Waals surface area (Å²) in [5.41, 5.74) is 7.28. The van der Waals surface area contributed by atoms with Gasteiger partial charge in [0.25, 0.3) is 0 Å². The Hall–Kier alpha value is -4.12. The molecule has 0 fully saturated rings. The van der Waals surface area contributed by atoms with E-state index in [1.807, 2.05) is 0 Å². The minimum atomic E-state index is -0.792. The summed E-state index contributed by atoms with van der Waals surface area (Å²) in [4.78, 5) is 11.8. The number of phenolic OH excluding ortho intramolecular Hbond substituents is 1. The lowest BCUT2D eigenvalue weighted by atomic mass is 9.81. The number of rotatable bonds is 3. The van der Waals surface area contributed by atoms with Crippen LogP contribution in [-0.4, -0.2) is 19.3 Å². The number of nitrogens with zero attached hydrogens (tertiary/aromatic N) is 1. The molecule has 2 heterocycles. The summed E-state index contributed by atoms with van der Waals surface area (Å²) in [6.07, 6.45) is 0. The number of phenols is 1. The summed E-state index contributed by atoms with van der Waals surface area (Å²) < 4.78 is 21.8. The van der Waals surface area contributed by atoms with Crippen LogP contribution in [0.15, 0.2) is 51.0 Å². The zero-order valence-electron chi connectivity index (χ0n) is 16.5. The number of fused-ring (bicyclic) bond motifs is 3. The zero-order valence-corrected chi connectivity index (χ0v) is 16.5. The van der Waals surface area contributed by atoms with Crippen molar-refractivity contribution in [2.45, 2.75) is 12.8 Å². The molecular weight excluding hydrogens is 388 g/mol. The van der Waals surface area contributed by atoms with E-state index < -0.39 is 11.5 Å². The number of aromatic hydroxyl groups is 1. The van der Waals surface area contributed by atoms with Gasteiger partial charge in [-0.05, 0) is 30.7 Å². The van der Waals surface area contributed by atoms with Gasteiger partial charge in [0.05, 0.1) is 31.1 Å². The third-order valence-electron chi connectivity index (χ3n) is 5.12. The quantitative estimate of drug-likeness (QED) is 0.635. The monoisotopic (exact) mass is 406 g/mol. The van der Waals surface area contributed by atoms with Gasteiger partial charge in [-0.1, -0.05) is 0 Å². The van der Waals surface area contributed by atoms with Gasteiger partial charge >= 0.3 is 5.63 Å². The van der Waals surface area contributed by atoms with Gasteiger partial charge in [-0.3, -0.25) is 0 Å². The van der Waals surface area contributed by atoms with Crippen LogP contribution < -0.4 is 25.6 Å². The summed E-state index contributed by atoms with van der Waals surface area (Å²) in [7, 11) is 3.03. The molecule has 4 rings (SSSR count). The first kappa shape index (κ1) is 19.2. The SMILES string of the molecule is COc1ccc(OC)c([C@@H]2C(C#N)=C(N)Oc3c2c(O)cc2oc(=O)cc(C)c32)c1. The second-order valence-electron chi connectivity index (χ2n) is 6.79. The fourth-order valence-electron chi connectivity index (χ4n) is 3.81. The number of methoxy groups -OCH3 is 2. The Kier molecular flexibility index (Phi) is 4.51. The molecule has 8 nitrogen and oxygen atoms in total. The molecule has 30 heavy (non-hydrogen) atoms. The first-order chi connectivity index (χ1) is 14.4. The Bertz CT molecular complexity index is 1320. The van der Waals surface area contributed by atoms with Gasteiger partial charge in [0, 0.05) is 17.7 Å². The van der Waals surface area contributed by atoms with Crippen LogP contribution in [0.5, 0.6) is 23.0 Å². The smallest absolute Gasteiger partial charge is 0.336 e. The minimum absolute atomic E-state index is 0.110. The van der Waals surface area contributed by atoms with Gasteiger partial charge < -0.3 is 29.5 Å². The zero-order chi connectivity index (χ0) is 21.6. The van der Waals surface area contributed by atoms with Crippen LogP contribution in [0.1, 0.15) is 22.6 Å². The summed E-state index contributed by atoms with van der Waals surface area (Å²) in [6.45, 7) is 1.72. The molecule has 0 aliphatic carbocycles. The van der Waals surface area contributed by atoms with Gasteiger partial charge in [-0.15, -0.1) is 0 Å². The lowest BCUT2D eigenvalue weighted by Gasteiger charge is -2.29. The molecule has 3 N–H and O–H groups in total. The number of ether oxygens (including phenoxy) is 3. The number of hydrogen-bond donors (Lipinski definition) is 2. The summed E-state index contributed by atoms with van der Waals surface area (Å²) >= 11 is 0. The standard InChI is InChI=1S/C22H18N2O6/c1-10-6-17(26)29-16-8-14(25)20-19(12-7-11(27-2)4-5-15(12)28-3)13(9-23)22(24)30-21(20)18(10)16/h4-8,19,25H,24H2,1-3H3/t19-/m1/s1. The van der Waals surface area contributed by atoms with Crippen LogP contribution >= 0.6 is 0 Å². The average molecular weight is 406 g/mol. The molecule has 1 aromatic heterocycles. The largest absolute Gasteiger partial charge is 0.507 e. The maximum absolute atomic E-state index is 11.8. The molecule has 1 aliphatic heterocycles. The van der Waals surface area contributed by atoms with E-state index in [1.165, 1.54) is 26.4 Å². The predicted octanol–water partition coefficient (Wildman–Crippen LogP) is 3.04. The molecule has 0 radical (unpaired) electrons. The highest BCUT2D eigenvalue weighted by Crippen LogP contribution is 2.52. The highest BCUT2D eigenvalue weighted by Gasteiger charge is 2.37. The van der Waals surface area contributed by atoms with E-state index in [-0.39, 0.29) is 28.5 Å². The van der Waals surface area contributed by atoms with Crippen LogP contribution in [-0.2, 0) is 0 Å². The lowest BCUT2D eigenvalue weighted by molar-refractivity contribution is 0.377. The van der Waals surface area contributed by atoms with Crippen molar-refractivity contribution in [1.29, 1.82) is 5.26 Å². The fourth-order valence-corrected chi connectivity index (χ4v) is 3.81. The van der Waals surface area contributed by atoms with Crippen molar-refractivity contribution in [3.05, 3.63) is 68.9 Å². The van der Waals surface area contributed by atoms with Gasteiger partial charge in [0.15, 0.2) is 0 Å². The highest BCUT2D eigenvalue weighted by molar-refractivity contribution is 5.91. The molecule has 152 valence electrons. The van der Waals surface area contributed by atoms with Crippen molar-refractivity contribution >= 4 is 11.0 Å². The number of benzene rings is 2. The maximum atomic E-state index is 11.8. The second-order valence-corrected chi connectivity index (χ2v) is 6.79. The topological polar surface area (TPSA) is 128 Å². The van der Waals surface area contributed by atoms with Gasteiger partial charge in [-0.2, -0.15) is 5.26 Å². The molecule has 1 atom stereocenters. The second kappa shape index (κ2) is 7.04. The molecule has 0 saturated heterocycles. The molecule has 0 unspecified atom stereocenters. The molecule has 1 aliphatic rings. The van der Waals surface area contributed by atoms with Crippen molar-refractivity contribution in [1.82, 2.24) is 0 Å². The molecule has 0 bridgehead atoms. The van der Waals surface area contributed by atoms with Crippen LogP contribution in [0, 0.1) is 18.3 Å². The number of hydrogen-bond acceptors (Lipinski definition) is 8. The van der Waals surface area contributed by atoms with E-state index in [4.69, 9.17) is 24.4 Å². The van der Waals surface area contributed by atoms with Crippen molar-refractivity contribution < 1.29 is 23.7 Å². The number of allylic oxidation sites excluding steroid dienone is 1.